The van der Waals surface area contributed by atoms with E-state index in [1.54, 1.807) is 6.92 Å². The number of ether oxygens (including phenoxy) is 2. The number of amides is 2. The lowest BCUT2D eigenvalue weighted by Crippen LogP contribution is -2.30. The first-order chi connectivity index (χ1) is 8.97. The lowest BCUT2D eigenvalue weighted by atomic mass is 10.2. The minimum atomic E-state index is -0.585. The molecule has 0 aliphatic rings. The van der Waals surface area contributed by atoms with Gasteiger partial charge in [0, 0.05) is 18.7 Å². The normalized spacial score (nSPS) is 9.68. The molecule has 104 valence electrons. The second kappa shape index (κ2) is 6.63. The standard InChI is InChI=1S/C13H17FN2O3/c1-8(2)7-15-13(17)16-10-5-9(14)11(18-3)6-12(10)19-4/h5-6H,1,7H2,2-4H3,(H2,15,16,17). The summed E-state index contributed by atoms with van der Waals surface area (Å²) in [6.45, 7) is 5.79. The minimum Gasteiger partial charge on any atom is -0.494 e. The van der Waals surface area contributed by atoms with E-state index in [1.165, 1.54) is 20.3 Å². The predicted octanol–water partition coefficient (Wildman–Crippen LogP) is 2.54. The van der Waals surface area contributed by atoms with Crippen molar-refractivity contribution in [3.05, 3.63) is 30.1 Å². The topological polar surface area (TPSA) is 59.6 Å². The molecule has 0 aliphatic heterocycles. The third kappa shape index (κ3) is 4.17. The SMILES string of the molecule is C=C(C)CNC(=O)Nc1cc(F)c(OC)cc1OC. The first-order valence-electron chi connectivity index (χ1n) is 5.58. The molecule has 0 aliphatic carbocycles. The van der Waals surface area contributed by atoms with Crippen molar-refractivity contribution in [2.24, 2.45) is 0 Å². The third-order valence-corrected chi connectivity index (χ3v) is 2.27. The van der Waals surface area contributed by atoms with E-state index in [4.69, 9.17) is 9.47 Å². The monoisotopic (exact) mass is 268 g/mol. The van der Waals surface area contributed by atoms with Gasteiger partial charge in [-0.2, -0.15) is 0 Å². The van der Waals surface area contributed by atoms with Crippen LogP contribution in [-0.2, 0) is 0 Å². The van der Waals surface area contributed by atoms with Crippen LogP contribution in [0.4, 0.5) is 14.9 Å². The molecule has 0 radical (unpaired) electrons. The van der Waals surface area contributed by atoms with Crippen LogP contribution < -0.4 is 20.1 Å². The zero-order valence-corrected chi connectivity index (χ0v) is 11.2. The van der Waals surface area contributed by atoms with Crippen molar-refractivity contribution < 1.29 is 18.7 Å². The molecule has 2 amide bonds. The van der Waals surface area contributed by atoms with Crippen LogP contribution in [0.2, 0.25) is 0 Å². The summed E-state index contributed by atoms with van der Waals surface area (Å²) in [5.41, 5.74) is 1.03. The van der Waals surface area contributed by atoms with Gasteiger partial charge in [-0.3, -0.25) is 0 Å². The largest absolute Gasteiger partial charge is 0.494 e. The maximum atomic E-state index is 13.6. The number of rotatable bonds is 5. The van der Waals surface area contributed by atoms with Crippen LogP contribution in [-0.4, -0.2) is 26.8 Å². The molecule has 0 saturated heterocycles. The molecule has 6 heteroatoms. The number of carbonyl (C=O) groups is 1. The van der Waals surface area contributed by atoms with Gasteiger partial charge in [-0.25, -0.2) is 9.18 Å². The summed E-state index contributed by atoms with van der Waals surface area (Å²) in [6.07, 6.45) is 0. The number of carbonyl (C=O) groups excluding carboxylic acids is 1. The van der Waals surface area contributed by atoms with E-state index in [0.717, 1.165) is 11.6 Å². The maximum Gasteiger partial charge on any atom is 0.319 e. The van der Waals surface area contributed by atoms with E-state index in [9.17, 15) is 9.18 Å². The number of nitrogens with one attached hydrogen (secondary N) is 2. The van der Waals surface area contributed by atoms with Gasteiger partial charge in [-0.05, 0) is 6.92 Å². The van der Waals surface area contributed by atoms with E-state index in [-0.39, 0.29) is 11.4 Å². The van der Waals surface area contributed by atoms with Gasteiger partial charge in [0.1, 0.15) is 5.75 Å². The van der Waals surface area contributed by atoms with Crippen molar-refractivity contribution in [2.45, 2.75) is 6.92 Å². The first-order valence-corrected chi connectivity index (χ1v) is 5.58. The molecule has 0 aromatic heterocycles. The van der Waals surface area contributed by atoms with Gasteiger partial charge in [0.2, 0.25) is 0 Å². The summed E-state index contributed by atoms with van der Waals surface area (Å²) in [6, 6.07) is 2.03. The fourth-order valence-electron chi connectivity index (χ4n) is 1.36. The molecule has 5 nitrogen and oxygen atoms in total. The van der Waals surface area contributed by atoms with Gasteiger partial charge in [0.15, 0.2) is 11.6 Å². The number of urea groups is 1. The Labute approximate surface area is 111 Å². The molecule has 0 atom stereocenters. The van der Waals surface area contributed by atoms with E-state index in [2.05, 4.69) is 17.2 Å². The molecule has 0 unspecified atom stereocenters. The lowest BCUT2D eigenvalue weighted by molar-refractivity contribution is 0.252. The van der Waals surface area contributed by atoms with Crippen molar-refractivity contribution in [3.8, 4) is 11.5 Å². The summed E-state index contributed by atoms with van der Waals surface area (Å²) in [5, 5.41) is 5.07. The summed E-state index contributed by atoms with van der Waals surface area (Å²) in [5.74, 6) is -0.230. The van der Waals surface area contributed by atoms with Gasteiger partial charge in [-0.1, -0.05) is 12.2 Å². The highest BCUT2D eigenvalue weighted by Crippen LogP contribution is 2.31. The van der Waals surface area contributed by atoms with Crippen molar-refractivity contribution >= 4 is 11.7 Å². The second-order valence-corrected chi connectivity index (χ2v) is 3.95. The van der Waals surface area contributed by atoms with Crippen LogP contribution in [0.1, 0.15) is 6.92 Å². The van der Waals surface area contributed by atoms with Crippen molar-refractivity contribution in [2.75, 3.05) is 26.1 Å². The van der Waals surface area contributed by atoms with E-state index < -0.39 is 11.8 Å². The summed E-state index contributed by atoms with van der Waals surface area (Å²) in [7, 11) is 2.77. The Balaban J connectivity index is 2.85. The molecule has 1 aromatic carbocycles. The summed E-state index contributed by atoms with van der Waals surface area (Å²) >= 11 is 0. The zero-order valence-electron chi connectivity index (χ0n) is 11.2. The fraction of sp³-hybridized carbons (Fsp3) is 0.308. The lowest BCUT2D eigenvalue weighted by Gasteiger charge is -2.13. The molecule has 0 saturated carbocycles. The molecule has 0 fully saturated rings. The average Bonchev–Trinajstić information content (AvgIpc) is 2.36. The molecule has 0 heterocycles. The fourth-order valence-corrected chi connectivity index (χ4v) is 1.36. The number of methoxy groups -OCH3 is 2. The molecular weight excluding hydrogens is 251 g/mol. The van der Waals surface area contributed by atoms with E-state index in [0.29, 0.717) is 12.3 Å². The van der Waals surface area contributed by atoms with Gasteiger partial charge in [0.05, 0.1) is 19.9 Å². The molecular formula is C13H17FN2O3. The van der Waals surface area contributed by atoms with E-state index >= 15 is 0 Å². The Bertz CT molecular complexity index is 489. The molecule has 0 bridgehead atoms. The van der Waals surface area contributed by atoms with Gasteiger partial charge >= 0.3 is 6.03 Å². The predicted molar refractivity (Wildman–Crippen MR) is 71.3 cm³/mol. The van der Waals surface area contributed by atoms with Crippen LogP contribution >= 0.6 is 0 Å². The van der Waals surface area contributed by atoms with Crippen LogP contribution in [0.25, 0.3) is 0 Å². The van der Waals surface area contributed by atoms with Crippen molar-refractivity contribution in [3.63, 3.8) is 0 Å². The van der Waals surface area contributed by atoms with Gasteiger partial charge in [-0.15, -0.1) is 0 Å². The minimum absolute atomic E-state index is 0.0461. The number of benzene rings is 1. The number of halogens is 1. The Hall–Kier alpha value is -2.24. The van der Waals surface area contributed by atoms with Crippen molar-refractivity contribution in [1.82, 2.24) is 5.32 Å². The molecule has 1 rings (SSSR count). The zero-order chi connectivity index (χ0) is 14.4. The van der Waals surface area contributed by atoms with E-state index in [1.807, 2.05) is 0 Å². The quantitative estimate of drug-likeness (QED) is 0.807. The summed E-state index contributed by atoms with van der Waals surface area (Å²) in [4.78, 5) is 11.6. The second-order valence-electron chi connectivity index (χ2n) is 3.95. The first kappa shape index (κ1) is 14.8. The Kier molecular flexibility index (Phi) is 5.17. The smallest absolute Gasteiger partial charge is 0.319 e. The third-order valence-electron chi connectivity index (χ3n) is 2.27. The van der Waals surface area contributed by atoms with Crippen LogP contribution in [0.5, 0.6) is 11.5 Å². The molecule has 19 heavy (non-hydrogen) atoms. The van der Waals surface area contributed by atoms with Gasteiger partial charge in [0.25, 0.3) is 0 Å². The Morgan fingerprint density at radius 2 is 1.95 bits per heavy atom. The number of hydrogen-bond acceptors (Lipinski definition) is 3. The molecule has 0 spiro atoms. The Morgan fingerprint density at radius 3 is 2.47 bits per heavy atom. The highest BCUT2D eigenvalue weighted by molar-refractivity contribution is 5.91. The number of hydrogen-bond donors (Lipinski definition) is 2. The number of anilines is 1. The van der Waals surface area contributed by atoms with Crippen LogP contribution in [0.15, 0.2) is 24.3 Å². The maximum absolute atomic E-state index is 13.6. The van der Waals surface area contributed by atoms with Crippen LogP contribution in [0.3, 0.4) is 0 Å². The Morgan fingerprint density at radius 1 is 1.32 bits per heavy atom. The molecule has 2 N–H and O–H groups in total. The summed E-state index contributed by atoms with van der Waals surface area (Å²) < 4.78 is 23.5. The van der Waals surface area contributed by atoms with Gasteiger partial charge < -0.3 is 20.1 Å². The highest BCUT2D eigenvalue weighted by Gasteiger charge is 2.13. The molecule has 1 aromatic rings. The average molecular weight is 268 g/mol. The highest BCUT2D eigenvalue weighted by atomic mass is 19.1. The van der Waals surface area contributed by atoms with Crippen LogP contribution in [0, 0.1) is 5.82 Å². The van der Waals surface area contributed by atoms with Crippen molar-refractivity contribution in [1.29, 1.82) is 0 Å².